The van der Waals surface area contributed by atoms with Crippen molar-refractivity contribution in [2.45, 2.75) is 119 Å². The van der Waals surface area contributed by atoms with Crippen molar-refractivity contribution < 1.29 is 4.79 Å². The first kappa shape index (κ1) is 21.9. The second kappa shape index (κ2) is 7.67. The van der Waals surface area contributed by atoms with Crippen LogP contribution in [0.25, 0.3) is 0 Å². The van der Waals surface area contributed by atoms with Gasteiger partial charge in [0.2, 0.25) is 0 Å². The van der Waals surface area contributed by atoms with E-state index < -0.39 is 0 Å². The van der Waals surface area contributed by atoms with Gasteiger partial charge in [-0.3, -0.25) is 4.79 Å². The minimum atomic E-state index is -0.0572. The fourth-order valence-corrected chi connectivity index (χ4v) is 9.41. The van der Waals surface area contributed by atoms with Gasteiger partial charge in [-0.25, -0.2) is 0 Å². The fourth-order valence-electron chi connectivity index (χ4n) is 9.41. The number of ketones is 1. The zero-order chi connectivity index (χ0) is 21.0. The predicted octanol–water partition coefficient (Wildman–Crippen LogP) is 8.07. The van der Waals surface area contributed by atoms with Crippen LogP contribution in [0.2, 0.25) is 0 Å². The molecule has 0 spiro atoms. The summed E-state index contributed by atoms with van der Waals surface area (Å²) in [5.74, 6) is 5.16. The Balaban J connectivity index is 1.58. The Morgan fingerprint density at radius 2 is 1.66 bits per heavy atom. The molecule has 4 saturated carbocycles. The van der Waals surface area contributed by atoms with Crippen molar-refractivity contribution in [2.75, 3.05) is 0 Å². The summed E-state index contributed by atoms with van der Waals surface area (Å²) < 4.78 is 0. The monoisotopic (exact) mass is 400 g/mol. The van der Waals surface area contributed by atoms with Gasteiger partial charge < -0.3 is 0 Å². The van der Waals surface area contributed by atoms with Gasteiger partial charge in [-0.2, -0.15) is 0 Å². The Morgan fingerprint density at radius 1 is 0.897 bits per heavy atom. The lowest BCUT2D eigenvalue weighted by molar-refractivity contribution is -0.168. The van der Waals surface area contributed by atoms with Crippen LogP contribution in [-0.2, 0) is 4.79 Å². The van der Waals surface area contributed by atoms with Crippen molar-refractivity contribution in [3.8, 4) is 0 Å². The van der Waals surface area contributed by atoms with Gasteiger partial charge in [0.25, 0.3) is 0 Å². The van der Waals surface area contributed by atoms with Crippen molar-refractivity contribution in [1.29, 1.82) is 0 Å². The number of carbonyl (C=O) groups excluding carboxylic acids is 1. The smallest absolute Gasteiger partial charge is 0.139 e. The van der Waals surface area contributed by atoms with Crippen LogP contribution >= 0.6 is 0 Å². The Hall–Kier alpha value is -0.330. The summed E-state index contributed by atoms with van der Waals surface area (Å²) in [6.45, 7) is 14.8. The van der Waals surface area contributed by atoms with Gasteiger partial charge in [-0.1, -0.05) is 73.6 Å². The van der Waals surface area contributed by atoms with Crippen molar-refractivity contribution in [3.63, 3.8) is 0 Å². The van der Waals surface area contributed by atoms with E-state index in [1.54, 1.807) is 0 Å². The second-order valence-electron chi connectivity index (χ2n) is 12.9. The Labute approximate surface area is 181 Å². The number of rotatable bonds is 5. The molecule has 1 nitrogen and oxygen atoms in total. The summed E-state index contributed by atoms with van der Waals surface area (Å²) in [6, 6.07) is 0. The van der Waals surface area contributed by atoms with Crippen LogP contribution < -0.4 is 0 Å². The van der Waals surface area contributed by atoms with E-state index in [0.29, 0.717) is 29.0 Å². The standard InChI is InChI=1S/C28H48O/c1-19(2)10-9-11-20(3)24-18-25(29)28(6)23-14-13-21-12-7-8-16-26(21,4)22(23)15-17-27(24,28)5/h19-24H,7-18H2,1-6H3/t20-,21-,22+,23-,24-,26+,27-,28-/m1/s1. The van der Waals surface area contributed by atoms with E-state index in [1.807, 2.05) is 0 Å². The molecule has 29 heavy (non-hydrogen) atoms. The number of fused-ring (bicyclic) bond motifs is 5. The first-order chi connectivity index (χ1) is 13.6. The first-order valence-electron chi connectivity index (χ1n) is 13.2. The van der Waals surface area contributed by atoms with Crippen molar-refractivity contribution in [1.82, 2.24) is 0 Å². The van der Waals surface area contributed by atoms with Crippen LogP contribution in [0.15, 0.2) is 0 Å². The topological polar surface area (TPSA) is 17.1 Å². The van der Waals surface area contributed by atoms with Gasteiger partial charge in [0.05, 0.1) is 0 Å². The lowest BCUT2D eigenvalue weighted by Crippen LogP contribution is -2.59. The molecular weight excluding hydrogens is 352 g/mol. The highest BCUT2D eigenvalue weighted by Crippen LogP contribution is 2.72. The van der Waals surface area contributed by atoms with Gasteiger partial charge >= 0.3 is 0 Å². The highest BCUT2D eigenvalue weighted by Gasteiger charge is 2.69. The Bertz CT molecular complexity index is 622. The quantitative estimate of drug-likeness (QED) is 0.456. The predicted molar refractivity (Wildman–Crippen MR) is 123 cm³/mol. The summed E-state index contributed by atoms with van der Waals surface area (Å²) in [5, 5.41) is 0. The first-order valence-corrected chi connectivity index (χ1v) is 13.2. The Kier molecular flexibility index (Phi) is 5.79. The second-order valence-corrected chi connectivity index (χ2v) is 12.9. The van der Waals surface area contributed by atoms with E-state index in [-0.39, 0.29) is 10.8 Å². The van der Waals surface area contributed by atoms with Crippen LogP contribution in [0, 0.1) is 51.8 Å². The van der Waals surface area contributed by atoms with E-state index >= 15 is 0 Å². The molecule has 0 amide bonds. The van der Waals surface area contributed by atoms with E-state index in [0.717, 1.165) is 24.2 Å². The SMILES string of the molecule is CC(C)CCC[C@@H](C)[C@H]1CC(=O)[C@@]2(C)[C@@H]3CC[C@H]4CCCC[C@]4(C)[C@H]3CC[C@]12C. The molecule has 4 aliphatic carbocycles. The number of hydrogen-bond acceptors (Lipinski definition) is 1. The minimum Gasteiger partial charge on any atom is -0.299 e. The van der Waals surface area contributed by atoms with Crippen LogP contribution in [-0.4, -0.2) is 5.78 Å². The molecule has 4 fully saturated rings. The van der Waals surface area contributed by atoms with Crippen LogP contribution in [0.1, 0.15) is 119 Å². The maximum absolute atomic E-state index is 13.8. The van der Waals surface area contributed by atoms with E-state index in [9.17, 15) is 4.79 Å². The summed E-state index contributed by atoms with van der Waals surface area (Å²) in [7, 11) is 0. The molecule has 0 heterocycles. The minimum absolute atomic E-state index is 0.0572. The molecule has 0 aromatic heterocycles. The third kappa shape index (κ3) is 3.18. The summed E-state index contributed by atoms with van der Waals surface area (Å²) in [5.41, 5.74) is 0.700. The normalized spacial score (nSPS) is 48.2. The molecule has 0 unspecified atom stereocenters. The maximum Gasteiger partial charge on any atom is 0.139 e. The van der Waals surface area contributed by atoms with Crippen LogP contribution in [0.5, 0.6) is 0 Å². The molecule has 0 aromatic rings. The molecule has 0 aliphatic heterocycles. The lowest BCUT2D eigenvalue weighted by Gasteiger charge is -2.64. The molecule has 4 rings (SSSR count). The van der Waals surface area contributed by atoms with E-state index in [2.05, 4.69) is 41.5 Å². The van der Waals surface area contributed by atoms with Crippen molar-refractivity contribution >= 4 is 5.78 Å². The van der Waals surface area contributed by atoms with Crippen molar-refractivity contribution in [2.24, 2.45) is 51.8 Å². The highest BCUT2D eigenvalue weighted by molar-refractivity contribution is 5.89. The molecule has 4 aliphatic rings. The Morgan fingerprint density at radius 3 is 2.38 bits per heavy atom. The zero-order valence-corrected chi connectivity index (χ0v) is 20.4. The molecule has 1 heteroatoms. The summed E-state index contributed by atoms with van der Waals surface area (Å²) in [6.07, 6.45) is 16.0. The van der Waals surface area contributed by atoms with Gasteiger partial charge in [0.1, 0.15) is 5.78 Å². The van der Waals surface area contributed by atoms with Crippen LogP contribution in [0.3, 0.4) is 0 Å². The van der Waals surface area contributed by atoms with E-state index in [1.165, 1.54) is 70.6 Å². The third-order valence-corrected chi connectivity index (χ3v) is 11.4. The highest BCUT2D eigenvalue weighted by atomic mass is 16.1. The summed E-state index contributed by atoms with van der Waals surface area (Å²) >= 11 is 0. The number of Topliss-reactive ketones (excluding diaryl/α,β-unsaturated/α-hetero) is 1. The molecule has 8 atom stereocenters. The molecule has 0 aromatic carbocycles. The third-order valence-electron chi connectivity index (χ3n) is 11.4. The average molecular weight is 401 g/mol. The molecule has 0 bridgehead atoms. The maximum atomic E-state index is 13.8. The largest absolute Gasteiger partial charge is 0.299 e. The fraction of sp³-hybridized carbons (Fsp3) is 0.964. The lowest BCUT2D eigenvalue weighted by atomic mass is 9.40. The van der Waals surface area contributed by atoms with Gasteiger partial charge in [0.15, 0.2) is 0 Å². The van der Waals surface area contributed by atoms with Gasteiger partial charge in [-0.05, 0) is 84.9 Å². The van der Waals surface area contributed by atoms with Crippen molar-refractivity contribution in [3.05, 3.63) is 0 Å². The molecule has 0 saturated heterocycles. The van der Waals surface area contributed by atoms with Gasteiger partial charge in [-0.15, -0.1) is 0 Å². The summed E-state index contributed by atoms with van der Waals surface area (Å²) in [4.78, 5) is 13.8. The van der Waals surface area contributed by atoms with Crippen LogP contribution in [0.4, 0.5) is 0 Å². The van der Waals surface area contributed by atoms with E-state index in [4.69, 9.17) is 0 Å². The molecular formula is C28H48O. The number of hydrogen-bond donors (Lipinski definition) is 0. The molecule has 0 N–H and O–H groups in total. The van der Waals surface area contributed by atoms with Gasteiger partial charge in [0, 0.05) is 11.8 Å². The zero-order valence-electron chi connectivity index (χ0n) is 20.4. The molecule has 166 valence electrons. The molecule has 0 radical (unpaired) electrons. The number of carbonyl (C=O) groups is 1. The average Bonchev–Trinajstić information content (AvgIpc) is 2.88.